The minimum atomic E-state index is -0.685. The van der Waals surface area contributed by atoms with Crippen LogP contribution >= 0.6 is 11.3 Å². The Balaban J connectivity index is 1.71. The molecule has 2 heterocycles. The molecular weight excluding hydrogens is 262 g/mol. The number of benzene rings is 1. The predicted octanol–water partition coefficient (Wildman–Crippen LogP) is 1.83. The van der Waals surface area contributed by atoms with Gasteiger partial charge in [0.15, 0.2) is 5.13 Å². The van der Waals surface area contributed by atoms with Crippen molar-refractivity contribution < 1.29 is 9.84 Å². The van der Waals surface area contributed by atoms with Crippen LogP contribution in [0.25, 0.3) is 10.2 Å². The molecule has 1 aliphatic rings. The summed E-state index contributed by atoms with van der Waals surface area (Å²) in [7, 11) is 0. The van der Waals surface area contributed by atoms with Crippen molar-refractivity contribution in [3.05, 3.63) is 18.2 Å². The monoisotopic (exact) mass is 279 g/mol. The maximum absolute atomic E-state index is 10.4. The topological polar surface area (TPSA) is 80.4 Å². The lowest BCUT2D eigenvalue weighted by Gasteiger charge is -2.31. The van der Waals surface area contributed by atoms with E-state index >= 15 is 0 Å². The first-order valence-electron chi connectivity index (χ1n) is 6.35. The number of rotatable bonds is 3. The zero-order valence-electron chi connectivity index (χ0n) is 10.6. The van der Waals surface area contributed by atoms with Crippen LogP contribution < -0.4 is 11.1 Å². The number of nitrogens with zero attached hydrogens (tertiary/aromatic N) is 1. The average molecular weight is 279 g/mol. The fourth-order valence-corrected chi connectivity index (χ4v) is 3.09. The Labute approximate surface area is 115 Å². The van der Waals surface area contributed by atoms with E-state index in [2.05, 4.69) is 10.3 Å². The Hall–Kier alpha value is -1.37. The summed E-state index contributed by atoms with van der Waals surface area (Å²) < 4.78 is 6.32. The summed E-state index contributed by atoms with van der Waals surface area (Å²) >= 11 is 1.55. The Bertz CT molecular complexity index is 578. The molecule has 3 rings (SSSR count). The van der Waals surface area contributed by atoms with Crippen LogP contribution in [0.5, 0.6) is 0 Å². The van der Waals surface area contributed by atoms with E-state index in [0.717, 1.165) is 21.0 Å². The Morgan fingerprint density at radius 2 is 2.21 bits per heavy atom. The highest BCUT2D eigenvalue weighted by Crippen LogP contribution is 2.28. The van der Waals surface area contributed by atoms with Crippen LogP contribution in [0.2, 0.25) is 0 Å². The van der Waals surface area contributed by atoms with Crippen molar-refractivity contribution in [3.63, 3.8) is 0 Å². The van der Waals surface area contributed by atoms with E-state index in [4.69, 9.17) is 10.5 Å². The third kappa shape index (κ3) is 2.80. The molecule has 1 aromatic carbocycles. The number of nitrogen functional groups attached to an aromatic ring is 1. The Morgan fingerprint density at radius 1 is 1.42 bits per heavy atom. The third-order valence-corrected chi connectivity index (χ3v) is 4.38. The van der Waals surface area contributed by atoms with Gasteiger partial charge in [0.25, 0.3) is 0 Å². The van der Waals surface area contributed by atoms with E-state index in [0.29, 0.717) is 32.6 Å². The van der Waals surface area contributed by atoms with Gasteiger partial charge in [-0.25, -0.2) is 4.98 Å². The smallest absolute Gasteiger partial charge is 0.183 e. The summed E-state index contributed by atoms with van der Waals surface area (Å²) in [6, 6.07) is 5.68. The number of ether oxygens (including phenoxy) is 1. The molecule has 6 heteroatoms. The second-order valence-corrected chi connectivity index (χ2v) is 5.97. The lowest BCUT2D eigenvalue weighted by molar-refractivity contribution is -0.0543. The van der Waals surface area contributed by atoms with Gasteiger partial charge in [0.05, 0.1) is 15.8 Å². The summed E-state index contributed by atoms with van der Waals surface area (Å²) in [6.07, 6.45) is 1.33. The van der Waals surface area contributed by atoms with Crippen molar-refractivity contribution in [2.75, 3.05) is 30.8 Å². The molecule has 0 aliphatic carbocycles. The summed E-state index contributed by atoms with van der Waals surface area (Å²) in [5.74, 6) is 0. The van der Waals surface area contributed by atoms with Crippen LogP contribution in [0.1, 0.15) is 12.8 Å². The molecule has 0 atom stereocenters. The lowest BCUT2D eigenvalue weighted by Crippen LogP contribution is -2.42. The van der Waals surface area contributed by atoms with Gasteiger partial charge in [-0.2, -0.15) is 0 Å². The fraction of sp³-hybridized carbons (Fsp3) is 0.462. The van der Waals surface area contributed by atoms with Gasteiger partial charge in [-0.1, -0.05) is 11.3 Å². The molecule has 1 aliphatic heterocycles. The number of nitrogens with one attached hydrogen (secondary N) is 1. The minimum Gasteiger partial charge on any atom is -0.399 e. The van der Waals surface area contributed by atoms with Crippen molar-refractivity contribution in [1.29, 1.82) is 0 Å². The van der Waals surface area contributed by atoms with Gasteiger partial charge in [0.2, 0.25) is 0 Å². The van der Waals surface area contributed by atoms with E-state index in [9.17, 15) is 5.11 Å². The predicted molar refractivity (Wildman–Crippen MR) is 77.5 cm³/mol. The van der Waals surface area contributed by atoms with Crippen molar-refractivity contribution in [2.24, 2.45) is 0 Å². The molecule has 1 fully saturated rings. The molecule has 0 saturated carbocycles. The van der Waals surface area contributed by atoms with Gasteiger partial charge in [-0.15, -0.1) is 0 Å². The highest BCUT2D eigenvalue weighted by atomic mass is 32.1. The van der Waals surface area contributed by atoms with E-state index in [1.54, 1.807) is 11.3 Å². The van der Waals surface area contributed by atoms with Gasteiger partial charge in [-0.3, -0.25) is 0 Å². The van der Waals surface area contributed by atoms with Gasteiger partial charge in [-0.05, 0) is 18.2 Å². The fourth-order valence-electron chi connectivity index (χ4n) is 2.19. The number of fused-ring (bicyclic) bond motifs is 1. The molecule has 0 spiro atoms. The number of anilines is 2. The molecule has 1 aromatic heterocycles. The normalized spacial score (nSPS) is 18.6. The molecule has 0 amide bonds. The Morgan fingerprint density at radius 3 is 3.00 bits per heavy atom. The second-order valence-electron chi connectivity index (χ2n) is 4.94. The van der Waals surface area contributed by atoms with Crippen LogP contribution in [-0.2, 0) is 4.74 Å². The summed E-state index contributed by atoms with van der Waals surface area (Å²) in [5, 5.41) is 14.4. The van der Waals surface area contributed by atoms with Crippen LogP contribution in [0.4, 0.5) is 10.8 Å². The molecule has 2 aromatic rings. The van der Waals surface area contributed by atoms with Gasteiger partial charge in [0.1, 0.15) is 0 Å². The SMILES string of the molecule is Nc1ccc2nc(NCC3(O)CCOCC3)sc2c1. The molecule has 4 N–H and O–H groups in total. The number of aromatic nitrogens is 1. The van der Waals surface area contributed by atoms with Gasteiger partial charge >= 0.3 is 0 Å². The zero-order chi connectivity index (χ0) is 13.3. The van der Waals surface area contributed by atoms with Crippen LogP contribution in [0.15, 0.2) is 18.2 Å². The quantitative estimate of drug-likeness (QED) is 0.747. The van der Waals surface area contributed by atoms with E-state index in [1.165, 1.54) is 0 Å². The molecule has 0 unspecified atom stereocenters. The van der Waals surface area contributed by atoms with E-state index in [-0.39, 0.29) is 0 Å². The summed E-state index contributed by atoms with van der Waals surface area (Å²) in [4.78, 5) is 4.48. The highest BCUT2D eigenvalue weighted by molar-refractivity contribution is 7.22. The van der Waals surface area contributed by atoms with Crippen molar-refractivity contribution in [2.45, 2.75) is 18.4 Å². The third-order valence-electron chi connectivity index (χ3n) is 3.40. The summed E-state index contributed by atoms with van der Waals surface area (Å²) in [6.45, 7) is 1.74. The molecular formula is C13H17N3O2S. The van der Waals surface area contributed by atoms with Crippen molar-refractivity contribution in [1.82, 2.24) is 4.98 Å². The Kier molecular flexibility index (Phi) is 3.30. The van der Waals surface area contributed by atoms with Crippen molar-refractivity contribution in [3.8, 4) is 0 Å². The van der Waals surface area contributed by atoms with Gasteiger partial charge < -0.3 is 20.9 Å². The number of aliphatic hydroxyl groups is 1. The standard InChI is InChI=1S/C13H17N3O2S/c14-9-1-2-10-11(7-9)19-12(16-10)15-8-13(17)3-5-18-6-4-13/h1-2,7,17H,3-6,8,14H2,(H,15,16). The average Bonchev–Trinajstić information content (AvgIpc) is 2.79. The number of hydrogen-bond donors (Lipinski definition) is 3. The number of hydrogen-bond acceptors (Lipinski definition) is 6. The second kappa shape index (κ2) is 4.96. The minimum absolute atomic E-state index is 0.506. The first kappa shape index (κ1) is 12.7. The summed E-state index contributed by atoms with van der Waals surface area (Å²) in [5.41, 5.74) is 6.74. The van der Waals surface area contributed by atoms with Gasteiger partial charge in [0, 0.05) is 38.3 Å². The maximum Gasteiger partial charge on any atom is 0.183 e. The zero-order valence-corrected chi connectivity index (χ0v) is 11.4. The van der Waals surface area contributed by atoms with Crippen LogP contribution in [-0.4, -0.2) is 35.5 Å². The lowest BCUT2D eigenvalue weighted by atomic mass is 9.95. The van der Waals surface area contributed by atoms with E-state index in [1.807, 2.05) is 18.2 Å². The van der Waals surface area contributed by atoms with Crippen molar-refractivity contribution >= 4 is 32.4 Å². The molecule has 0 radical (unpaired) electrons. The molecule has 102 valence electrons. The highest BCUT2D eigenvalue weighted by Gasteiger charge is 2.29. The largest absolute Gasteiger partial charge is 0.399 e. The molecule has 1 saturated heterocycles. The molecule has 5 nitrogen and oxygen atoms in total. The maximum atomic E-state index is 10.4. The van der Waals surface area contributed by atoms with Crippen LogP contribution in [0.3, 0.4) is 0 Å². The van der Waals surface area contributed by atoms with E-state index < -0.39 is 5.60 Å². The molecule has 0 bridgehead atoms. The number of nitrogens with two attached hydrogens (primary N) is 1. The first-order valence-corrected chi connectivity index (χ1v) is 7.16. The molecule has 19 heavy (non-hydrogen) atoms. The number of thiazole rings is 1. The first-order chi connectivity index (χ1) is 9.15. The van der Waals surface area contributed by atoms with Crippen LogP contribution in [0, 0.1) is 0 Å².